The third kappa shape index (κ3) is 4.64. The molecule has 1 atom stereocenters. The molecule has 0 aliphatic carbocycles. The summed E-state index contributed by atoms with van der Waals surface area (Å²) in [6.45, 7) is 5.25. The van der Waals surface area contributed by atoms with Crippen LogP contribution in [0, 0.1) is 11.8 Å². The average molecular weight is 336 g/mol. The molecule has 1 heterocycles. The van der Waals surface area contributed by atoms with Crippen molar-refractivity contribution < 1.29 is 14.7 Å². The Morgan fingerprint density at radius 3 is 2.26 bits per heavy atom. The zero-order chi connectivity index (χ0) is 17.0. The third-order valence-electron chi connectivity index (χ3n) is 4.16. The van der Waals surface area contributed by atoms with Crippen molar-refractivity contribution in [2.75, 3.05) is 13.1 Å². The molecular weight excluding hydrogens is 312 g/mol. The van der Waals surface area contributed by atoms with E-state index >= 15 is 0 Å². The summed E-state index contributed by atoms with van der Waals surface area (Å²) >= 11 is 1.52. The summed E-state index contributed by atoms with van der Waals surface area (Å²) in [4.78, 5) is 26.9. The lowest BCUT2D eigenvalue weighted by atomic mass is 9.95. The van der Waals surface area contributed by atoms with Crippen molar-refractivity contribution in [2.24, 2.45) is 17.6 Å². The van der Waals surface area contributed by atoms with Gasteiger partial charge in [-0.3, -0.25) is 9.59 Å². The lowest BCUT2D eigenvalue weighted by Gasteiger charge is -2.34. The highest BCUT2D eigenvalue weighted by atomic mass is 32.2. The first-order valence-electron chi connectivity index (χ1n) is 7.92. The predicted molar refractivity (Wildman–Crippen MR) is 91.1 cm³/mol. The van der Waals surface area contributed by atoms with Crippen LogP contribution in [-0.4, -0.2) is 40.2 Å². The normalized spacial score (nSPS) is 17.3. The van der Waals surface area contributed by atoms with Crippen LogP contribution in [0.1, 0.15) is 26.7 Å². The summed E-state index contributed by atoms with van der Waals surface area (Å²) in [6.07, 6.45) is 1.30. The van der Waals surface area contributed by atoms with E-state index in [-0.39, 0.29) is 34.6 Å². The lowest BCUT2D eigenvalue weighted by molar-refractivity contribution is -0.135. The van der Waals surface area contributed by atoms with Crippen LogP contribution in [-0.2, 0) is 9.59 Å². The molecule has 2 amide bonds. The van der Waals surface area contributed by atoms with Crippen LogP contribution in [0.4, 0.5) is 0 Å². The number of piperidine rings is 1. The van der Waals surface area contributed by atoms with Gasteiger partial charge in [0.25, 0.3) is 0 Å². The molecule has 23 heavy (non-hydrogen) atoms. The monoisotopic (exact) mass is 336 g/mol. The Bertz CT molecular complexity index is 551. The highest BCUT2D eigenvalue weighted by molar-refractivity contribution is 8.00. The molecule has 126 valence electrons. The molecule has 6 heteroatoms. The summed E-state index contributed by atoms with van der Waals surface area (Å²) in [5.41, 5.74) is 5.34. The molecule has 1 aromatic carbocycles. The number of phenols is 1. The minimum atomic E-state index is -0.268. The van der Waals surface area contributed by atoms with Crippen LogP contribution < -0.4 is 5.73 Å². The van der Waals surface area contributed by atoms with E-state index in [0.29, 0.717) is 25.9 Å². The molecule has 1 aliphatic heterocycles. The van der Waals surface area contributed by atoms with Crippen molar-refractivity contribution in [3.63, 3.8) is 0 Å². The molecule has 1 unspecified atom stereocenters. The molecule has 1 fully saturated rings. The van der Waals surface area contributed by atoms with Crippen LogP contribution in [0.15, 0.2) is 29.2 Å². The Hall–Kier alpha value is -1.69. The van der Waals surface area contributed by atoms with E-state index in [9.17, 15) is 14.7 Å². The molecule has 1 aliphatic rings. The van der Waals surface area contributed by atoms with Gasteiger partial charge in [0.05, 0.1) is 5.25 Å². The van der Waals surface area contributed by atoms with Gasteiger partial charge in [0.15, 0.2) is 0 Å². The Balaban J connectivity index is 2.01. The molecule has 3 N–H and O–H groups in total. The van der Waals surface area contributed by atoms with Crippen LogP contribution in [0.3, 0.4) is 0 Å². The zero-order valence-corrected chi connectivity index (χ0v) is 14.4. The molecule has 0 aromatic heterocycles. The smallest absolute Gasteiger partial charge is 0.236 e. The maximum atomic E-state index is 12.8. The highest BCUT2D eigenvalue weighted by Gasteiger charge is 2.32. The maximum absolute atomic E-state index is 12.8. The van der Waals surface area contributed by atoms with Crippen LogP contribution in [0.2, 0.25) is 0 Å². The molecule has 0 saturated carbocycles. The predicted octanol–water partition coefficient (Wildman–Crippen LogP) is 2.23. The first-order valence-corrected chi connectivity index (χ1v) is 8.80. The summed E-state index contributed by atoms with van der Waals surface area (Å²) in [5.74, 6) is 0.142. The van der Waals surface area contributed by atoms with E-state index in [1.165, 1.54) is 11.8 Å². The van der Waals surface area contributed by atoms with Gasteiger partial charge in [0.2, 0.25) is 11.8 Å². The second-order valence-corrected chi connectivity index (χ2v) is 7.49. The number of hydrogen-bond acceptors (Lipinski definition) is 4. The number of amides is 2. The van der Waals surface area contributed by atoms with Gasteiger partial charge in [-0.25, -0.2) is 0 Å². The molecule has 0 spiro atoms. The molecule has 2 rings (SSSR count). The fraction of sp³-hybridized carbons (Fsp3) is 0.529. The highest BCUT2D eigenvalue weighted by Crippen LogP contribution is 2.31. The minimum Gasteiger partial charge on any atom is -0.508 e. The van der Waals surface area contributed by atoms with E-state index in [2.05, 4.69) is 0 Å². The first kappa shape index (κ1) is 17.7. The Labute approximate surface area is 141 Å². The van der Waals surface area contributed by atoms with Gasteiger partial charge >= 0.3 is 0 Å². The Morgan fingerprint density at radius 2 is 1.78 bits per heavy atom. The third-order valence-corrected chi connectivity index (χ3v) is 5.70. The van der Waals surface area contributed by atoms with E-state index in [0.717, 1.165) is 4.90 Å². The van der Waals surface area contributed by atoms with Gasteiger partial charge in [-0.15, -0.1) is 11.8 Å². The molecular formula is C17H24N2O3S. The van der Waals surface area contributed by atoms with Gasteiger partial charge in [0, 0.05) is 23.9 Å². The average Bonchev–Trinajstić information content (AvgIpc) is 2.53. The van der Waals surface area contributed by atoms with Gasteiger partial charge in [0.1, 0.15) is 5.75 Å². The maximum Gasteiger partial charge on any atom is 0.236 e. The van der Waals surface area contributed by atoms with Gasteiger partial charge in [-0.1, -0.05) is 13.8 Å². The number of carbonyl (C=O) groups is 2. The van der Waals surface area contributed by atoms with Gasteiger partial charge < -0.3 is 15.7 Å². The summed E-state index contributed by atoms with van der Waals surface area (Å²) in [5, 5.41) is 9.18. The summed E-state index contributed by atoms with van der Waals surface area (Å²) < 4.78 is 0. The fourth-order valence-electron chi connectivity index (χ4n) is 2.71. The van der Waals surface area contributed by atoms with Crippen molar-refractivity contribution >= 4 is 23.6 Å². The molecule has 0 bridgehead atoms. The van der Waals surface area contributed by atoms with Crippen LogP contribution in [0.25, 0.3) is 0 Å². The first-order chi connectivity index (χ1) is 10.9. The Morgan fingerprint density at radius 1 is 1.22 bits per heavy atom. The number of aromatic hydroxyl groups is 1. The number of carbonyl (C=O) groups excluding carboxylic acids is 2. The Kier molecular flexibility index (Phi) is 5.93. The summed E-state index contributed by atoms with van der Waals surface area (Å²) in [7, 11) is 0. The second-order valence-electron chi connectivity index (χ2n) is 6.28. The number of primary amides is 1. The number of nitrogens with zero attached hydrogens (tertiary/aromatic N) is 1. The zero-order valence-electron chi connectivity index (χ0n) is 13.6. The van der Waals surface area contributed by atoms with Crippen molar-refractivity contribution in [2.45, 2.75) is 36.8 Å². The quantitative estimate of drug-likeness (QED) is 0.808. The molecule has 1 aromatic rings. The largest absolute Gasteiger partial charge is 0.508 e. The van der Waals surface area contributed by atoms with Crippen molar-refractivity contribution in [1.82, 2.24) is 4.90 Å². The number of hydrogen-bond donors (Lipinski definition) is 2. The van der Waals surface area contributed by atoms with Crippen LogP contribution >= 0.6 is 11.8 Å². The minimum absolute atomic E-state index is 0.110. The van der Waals surface area contributed by atoms with Gasteiger partial charge in [-0.2, -0.15) is 0 Å². The topological polar surface area (TPSA) is 83.6 Å². The number of benzene rings is 1. The number of thioether (sulfide) groups is 1. The molecule has 0 radical (unpaired) electrons. The molecule has 1 saturated heterocycles. The second kappa shape index (κ2) is 7.73. The van der Waals surface area contributed by atoms with E-state index in [4.69, 9.17) is 5.73 Å². The number of phenolic OH excluding ortho intramolecular Hbond substituents is 1. The van der Waals surface area contributed by atoms with Crippen molar-refractivity contribution in [3.8, 4) is 5.75 Å². The van der Waals surface area contributed by atoms with Gasteiger partial charge in [-0.05, 0) is 43.0 Å². The van der Waals surface area contributed by atoms with Crippen molar-refractivity contribution in [1.29, 1.82) is 0 Å². The summed E-state index contributed by atoms with van der Waals surface area (Å²) in [6, 6.07) is 6.90. The SMILES string of the molecule is CC(C)C(Sc1ccc(O)cc1)C(=O)N1CCC(C(N)=O)CC1. The van der Waals surface area contributed by atoms with E-state index in [1.54, 1.807) is 12.1 Å². The molecule has 5 nitrogen and oxygen atoms in total. The number of rotatable bonds is 5. The fourth-order valence-corrected chi connectivity index (χ4v) is 3.82. The van der Waals surface area contributed by atoms with E-state index in [1.807, 2.05) is 30.9 Å². The standard InChI is InChI=1S/C17H24N2O3S/c1-11(2)15(23-14-5-3-13(20)4-6-14)17(22)19-9-7-12(8-10-19)16(18)21/h3-6,11-12,15,20H,7-10H2,1-2H3,(H2,18,21). The van der Waals surface area contributed by atoms with Crippen LogP contribution in [0.5, 0.6) is 5.75 Å². The number of nitrogens with two attached hydrogens (primary N) is 1. The van der Waals surface area contributed by atoms with Crippen molar-refractivity contribution in [3.05, 3.63) is 24.3 Å². The number of likely N-dealkylation sites (tertiary alicyclic amines) is 1. The van der Waals surface area contributed by atoms with E-state index < -0.39 is 0 Å². The lowest BCUT2D eigenvalue weighted by Crippen LogP contribution is -2.46.